The zero-order valence-electron chi connectivity index (χ0n) is 15.0. The number of rotatable bonds is 2. The van der Waals surface area contributed by atoms with E-state index in [0.717, 1.165) is 22.5 Å². The molecule has 3 aromatic carbocycles. The molecule has 27 heavy (non-hydrogen) atoms. The molecule has 4 heteroatoms. The summed E-state index contributed by atoms with van der Waals surface area (Å²) in [5.74, 6) is -0.350. The van der Waals surface area contributed by atoms with E-state index >= 15 is 0 Å². The highest BCUT2D eigenvalue weighted by Crippen LogP contribution is 2.61. The van der Waals surface area contributed by atoms with E-state index in [1.54, 1.807) is 0 Å². The second-order valence-electron chi connectivity index (χ2n) is 7.36. The van der Waals surface area contributed by atoms with Gasteiger partial charge in [-0.3, -0.25) is 4.79 Å². The van der Waals surface area contributed by atoms with Gasteiger partial charge in [0.1, 0.15) is 6.10 Å². The van der Waals surface area contributed by atoms with Crippen LogP contribution in [0.5, 0.6) is 0 Å². The monoisotopic (exact) mass is 356 g/mol. The SMILES string of the molecule is CC12c3ccccc3N(c3ccccc3)C1(c1ccccc1)NC(=O)C2O. The van der Waals surface area contributed by atoms with Crippen LogP contribution in [-0.4, -0.2) is 17.1 Å². The highest BCUT2D eigenvalue weighted by atomic mass is 16.3. The van der Waals surface area contributed by atoms with Crippen molar-refractivity contribution in [1.82, 2.24) is 5.32 Å². The third-order valence-electron chi connectivity index (χ3n) is 6.10. The lowest BCUT2D eigenvalue weighted by Gasteiger charge is -2.45. The van der Waals surface area contributed by atoms with Gasteiger partial charge in [0.25, 0.3) is 5.91 Å². The molecule has 2 aliphatic heterocycles. The van der Waals surface area contributed by atoms with Crippen molar-refractivity contribution < 1.29 is 9.90 Å². The number of carbonyl (C=O) groups excluding carboxylic acids is 1. The molecule has 3 aromatic rings. The summed E-state index contributed by atoms with van der Waals surface area (Å²) in [4.78, 5) is 14.9. The van der Waals surface area contributed by atoms with Gasteiger partial charge in [-0.25, -0.2) is 0 Å². The fourth-order valence-electron chi connectivity index (χ4n) is 4.85. The van der Waals surface area contributed by atoms with Crippen molar-refractivity contribution in [2.45, 2.75) is 24.1 Å². The Kier molecular flexibility index (Phi) is 3.24. The van der Waals surface area contributed by atoms with Gasteiger partial charge >= 0.3 is 0 Å². The maximum Gasteiger partial charge on any atom is 0.252 e. The second kappa shape index (κ2) is 5.44. The Bertz CT molecular complexity index is 1020. The average Bonchev–Trinajstić information content (AvgIpc) is 3.07. The summed E-state index contributed by atoms with van der Waals surface area (Å²) in [6.45, 7) is 1.98. The normalized spacial score (nSPS) is 28.6. The van der Waals surface area contributed by atoms with Gasteiger partial charge in [0.05, 0.1) is 5.41 Å². The number of nitrogens with zero attached hydrogens (tertiary/aromatic N) is 1. The molecule has 0 aromatic heterocycles. The maximum atomic E-state index is 12.8. The molecular weight excluding hydrogens is 336 g/mol. The molecule has 3 unspecified atom stereocenters. The minimum absolute atomic E-state index is 0.350. The van der Waals surface area contributed by atoms with Crippen LogP contribution in [0.2, 0.25) is 0 Å². The zero-order chi connectivity index (χ0) is 18.6. The van der Waals surface area contributed by atoms with Crippen LogP contribution >= 0.6 is 0 Å². The predicted molar refractivity (Wildman–Crippen MR) is 105 cm³/mol. The van der Waals surface area contributed by atoms with Crippen molar-refractivity contribution in [1.29, 1.82) is 0 Å². The lowest BCUT2D eigenvalue weighted by atomic mass is 9.70. The molecule has 2 heterocycles. The third-order valence-corrected chi connectivity index (χ3v) is 6.10. The number of carbonyl (C=O) groups is 1. The summed E-state index contributed by atoms with van der Waals surface area (Å²) >= 11 is 0. The van der Waals surface area contributed by atoms with Gasteiger partial charge in [-0.05, 0) is 36.2 Å². The molecule has 5 rings (SSSR count). The zero-order valence-corrected chi connectivity index (χ0v) is 15.0. The minimum atomic E-state index is -1.15. The minimum Gasteiger partial charge on any atom is -0.382 e. The molecule has 0 bridgehead atoms. The molecule has 1 amide bonds. The number of benzene rings is 3. The Labute approximate surface area is 158 Å². The standard InChI is InChI=1S/C23H20N2O2/c1-22-18-14-8-9-15-19(18)25(17-12-6-3-7-13-17)23(22,24-21(27)20(22)26)16-10-4-2-5-11-16/h2-15,20,26H,1H3,(H,24,27). The number of amides is 1. The number of aliphatic hydroxyl groups is 1. The Morgan fingerprint density at radius 3 is 2.19 bits per heavy atom. The number of nitrogens with one attached hydrogen (secondary N) is 1. The first-order valence-corrected chi connectivity index (χ1v) is 9.11. The number of anilines is 2. The summed E-state index contributed by atoms with van der Waals surface area (Å²) in [7, 11) is 0. The van der Waals surface area contributed by atoms with Gasteiger partial charge in [0.2, 0.25) is 0 Å². The van der Waals surface area contributed by atoms with Gasteiger partial charge in [0.15, 0.2) is 5.66 Å². The fraction of sp³-hybridized carbons (Fsp3) is 0.174. The summed E-state index contributed by atoms with van der Waals surface area (Å²) in [6, 6.07) is 27.9. The quantitative estimate of drug-likeness (QED) is 0.740. The van der Waals surface area contributed by atoms with Gasteiger partial charge in [-0.2, -0.15) is 0 Å². The van der Waals surface area contributed by atoms with Crippen LogP contribution in [0.15, 0.2) is 84.9 Å². The number of aliphatic hydroxyl groups excluding tert-OH is 1. The molecule has 0 aliphatic carbocycles. The van der Waals surface area contributed by atoms with E-state index in [1.165, 1.54) is 0 Å². The van der Waals surface area contributed by atoms with E-state index in [4.69, 9.17) is 0 Å². The summed E-state index contributed by atoms with van der Waals surface area (Å²) < 4.78 is 0. The first-order chi connectivity index (χ1) is 13.1. The smallest absolute Gasteiger partial charge is 0.252 e. The first kappa shape index (κ1) is 16.1. The summed E-state index contributed by atoms with van der Waals surface area (Å²) in [5, 5.41) is 14.2. The van der Waals surface area contributed by atoms with E-state index in [0.29, 0.717) is 0 Å². The molecule has 0 saturated carbocycles. The third kappa shape index (κ3) is 1.83. The number of hydrogen-bond acceptors (Lipinski definition) is 3. The van der Waals surface area contributed by atoms with Crippen LogP contribution < -0.4 is 10.2 Å². The van der Waals surface area contributed by atoms with Crippen molar-refractivity contribution in [2.75, 3.05) is 4.90 Å². The lowest BCUT2D eigenvalue weighted by molar-refractivity contribution is -0.127. The van der Waals surface area contributed by atoms with Crippen LogP contribution in [0, 0.1) is 0 Å². The Morgan fingerprint density at radius 2 is 1.48 bits per heavy atom. The van der Waals surface area contributed by atoms with Gasteiger partial charge in [0, 0.05) is 11.4 Å². The molecule has 0 radical (unpaired) electrons. The number of hydrogen-bond donors (Lipinski definition) is 2. The summed E-state index contributed by atoms with van der Waals surface area (Å²) in [6.07, 6.45) is -1.15. The van der Waals surface area contributed by atoms with Crippen molar-refractivity contribution in [3.8, 4) is 0 Å². The van der Waals surface area contributed by atoms with Crippen molar-refractivity contribution in [2.24, 2.45) is 0 Å². The predicted octanol–water partition coefficient (Wildman–Crippen LogP) is 3.44. The molecule has 3 atom stereocenters. The lowest BCUT2D eigenvalue weighted by Crippen LogP contribution is -2.58. The van der Waals surface area contributed by atoms with Crippen molar-refractivity contribution >= 4 is 17.3 Å². The second-order valence-corrected chi connectivity index (χ2v) is 7.36. The highest BCUT2D eigenvalue weighted by molar-refractivity contribution is 5.94. The van der Waals surface area contributed by atoms with Crippen LogP contribution in [0.1, 0.15) is 18.1 Å². The van der Waals surface area contributed by atoms with Gasteiger partial charge < -0.3 is 15.3 Å². The number of para-hydroxylation sites is 2. The summed E-state index contributed by atoms with van der Waals surface area (Å²) in [5.41, 5.74) is 2.12. The van der Waals surface area contributed by atoms with Crippen LogP contribution in [0.3, 0.4) is 0 Å². The van der Waals surface area contributed by atoms with E-state index in [1.807, 2.05) is 85.8 Å². The Hall–Kier alpha value is -3.11. The van der Waals surface area contributed by atoms with Crippen molar-refractivity contribution in [3.63, 3.8) is 0 Å². The van der Waals surface area contributed by atoms with E-state index < -0.39 is 17.2 Å². The molecule has 134 valence electrons. The van der Waals surface area contributed by atoms with Gasteiger partial charge in [-0.1, -0.05) is 66.7 Å². The largest absolute Gasteiger partial charge is 0.382 e. The molecule has 4 nitrogen and oxygen atoms in total. The topological polar surface area (TPSA) is 52.6 Å². The van der Waals surface area contributed by atoms with E-state index in [-0.39, 0.29) is 5.91 Å². The molecule has 2 aliphatic rings. The fourth-order valence-corrected chi connectivity index (χ4v) is 4.85. The number of fused-ring (bicyclic) bond motifs is 3. The average molecular weight is 356 g/mol. The molecule has 1 saturated heterocycles. The van der Waals surface area contributed by atoms with E-state index in [9.17, 15) is 9.90 Å². The van der Waals surface area contributed by atoms with Crippen LogP contribution in [0.4, 0.5) is 11.4 Å². The van der Waals surface area contributed by atoms with Gasteiger partial charge in [-0.15, -0.1) is 0 Å². The highest BCUT2D eigenvalue weighted by Gasteiger charge is 2.70. The first-order valence-electron chi connectivity index (χ1n) is 9.11. The molecule has 0 spiro atoms. The van der Waals surface area contributed by atoms with Crippen LogP contribution in [0.25, 0.3) is 0 Å². The maximum absolute atomic E-state index is 12.8. The van der Waals surface area contributed by atoms with Crippen molar-refractivity contribution in [3.05, 3.63) is 96.1 Å². The molecule has 1 fully saturated rings. The molecule has 2 N–H and O–H groups in total. The molecular formula is C23H20N2O2. The Balaban J connectivity index is 1.90. The Morgan fingerprint density at radius 1 is 0.889 bits per heavy atom. The van der Waals surface area contributed by atoms with Crippen LogP contribution in [-0.2, 0) is 15.9 Å². The van der Waals surface area contributed by atoms with E-state index in [2.05, 4.69) is 16.3 Å².